The van der Waals surface area contributed by atoms with Crippen LogP contribution in [-0.4, -0.2) is 34.1 Å². The number of hydrogen-bond donors (Lipinski definition) is 1. The normalized spacial score (nSPS) is 14.3. The number of rotatable bonds is 8. The SMILES string of the molecule is C=CCOc1c(Br)cc(C2Nc3ccccc3-c3nnc(SCC)nc3O2)cc1OCC. The molecule has 0 amide bonds. The van der Waals surface area contributed by atoms with Crippen molar-refractivity contribution in [1.82, 2.24) is 15.2 Å². The Kier molecular flexibility index (Phi) is 7.16. The molecular weight excluding hydrogens is 492 g/mol. The van der Waals surface area contributed by atoms with Gasteiger partial charge in [-0.05, 0) is 46.8 Å². The zero-order valence-electron chi connectivity index (χ0n) is 17.8. The molecule has 0 spiro atoms. The standard InChI is InChI=1S/C23H23BrN4O3S/c1-4-11-30-20-16(24)12-14(13-18(20)29-5-2)21-25-17-10-8-7-9-15(17)19-22(31-21)26-23(28-27-19)32-6-3/h4,7-10,12-13,21,25H,1,5-6,11H2,2-3H3. The third-order valence-corrected chi connectivity index (χ3v) is 5.90. The lowest BCUT2D eigenvalue weighted by Crippen LogP contribution is -2.17. The zero-order valence-corrected chi connectivity index (χ0v) is 20.2. The van der Waals surface area contributed by atoms with E-state index in [2.05, 4.69) is 43.0 Å². The molecule has 0 saturated carbocycles. The van der Waals surface area contributed by atoms with Gasteiger partial charge in [-0.25, -0.2) is 0 Å². The lowest BCUT2D eigenvalue weighted by atomic mass is 10.1. The summed E-state index contributed by atoms with van der Waals surface area (Å²) in [5.74, 6) is 2.51. The predicted molar refractivity (Wildman–Crippen MR) is 130 cm³/mol. The van der Waals surface area contributed by atoms with Crippen LogP contribution in [0.1, 0.15) is 25.6 Å². The van der Waals surface area contributed by atoms with Crippen LogP contribution in [0.25, 0.3) is 11.3 Å². The zero-order chi connectivity index (χ0) is 22.5. The highest BCUT2D eigenvalue weighted by Crippen LogP contribution is 2.43. The maximum atomic E-state index is 6.35. The molecular formula is C23H23BrN4O3S. The molecule has 0 aliphatic carbocycles. The van der Waals surface area contributed by atoms with Crippen LogP contribution in [0.2, 0.25) is 0 Å². The quantitative estimate of drug-likeness (QED) is 0.295. The van der Waals surface area contributed by atoms with Gasteiger partial charge in [0.05, 0.1) is 11.1 Å². The Morgan fingerprint density at radius 1 is 1.22 bits per heavy atom. The van der Waals surface area contributed by atoms with Gasteiger partial charge < -0.3 is 19.5 Å². The molecule has 0 bridgehead atoms. The fraction of sp³-hybridized carbons (Fsp3) is 0.261. The Morgan fingerprint density at radius 3 is 2.84 bits per heavy atom. The number of hydrogen-bond acceptors (Lipinski definition) is 8. The Hall–Kier alpha value is -2.78. The Bertz CT molecular complexity index is 1130. The summed E-state index contributed by atoms with van der Waals surface area (Å²) in [5.41, 5.74) is 3.21. The van der Waals surface area contributed by atoms with Gasteiger partial charge in [0.25, 0.3) is 0 Å². The van der Waals surface area contributed by atoms with Gasteiger partial charge in [-0.1, -0.05) is 49.5 Å². The molecule has 2 aromatic carbocycles. The lowest BCUT2D eigenvalue weighted by molar-refractivity contribution is 0.223. The number of fused-ring (bicyclic) bond motifs is 3. The minimum Gasteiger partial charge on any atom is -0.490 e. The Morgan fingerprint density at radius 2 is 2.06 bits per heavy atom. The molecule has 4 rings (SSSR count). The average Bonchev–Trinajstić information content (AvgIpc) is 2.95. The van der Waals surface area contributed by atoms with Crippen LogP contribution in [0.15, 0.2) is 58.7 Å². The van der Waals surface area contributed by atoms with Gasteiger partial charge in [-0.15, -0.1) is 10.2 Å². The summed E-state index contributed by atoms with van der Waals surface area (Å²) >= 11 is 5.13. The van der Waals surface area contributed by atoms with Crippen molar-refractivity contribution in [3.8, 4) is 28.6 Å². The van der Waals surface area contributed by atoms with Crippen LogP contribution >= 0.6 is 27.7 Å². The van der Waals surface area contributed by atoms with E-state index < -0.39 is 6.23 Å². The number of anilines is 1. The molecule has 32 heavy (non-hydrogen) atoms. The number of thioether (sulfide) groups is 1. The maximum absolute atomic E-state index is 6.35. The molecule has 1 aromatic heterocycles. The van der Waals surface area contributed by atoms with Crippen molar-refractivity contribution in [1.29, 1.82) is 0 Å². The summed E-state index contributed by atoms with van der Waals surface area (Å²) in [5, 5.41) is 12.7. The van der Waals surface area contributed by atoms with Crippen LogP contribution in [0, 0.1) is 0 Å². The molecule has 7 nitrogen and oxygen atoms in total. The minimum atomic E-state index is -0.530. The summed E-state index contributed by atoms with van der Waals surface area (Å²) < 4.78 is 18.8. The largest absolute Gasteiger partial charge is 0.490 e. The van der Waals surface area contributed by atoms with E-state index in [1.54, 1.807) is 6.08 Å². The van der Waals surface area contributed by atoms with Crippen molar-refractivity contribution >= 4 is 33.4 Å². The fourth-order valence-corrected chi connectivity index (χ4v) is 4.35. The van der Waals surface area contributed by atoms with Crippen molar-refractivity contribution in [2.75, 3.05) is 24.3 Å². The first-order valence-corrected chi connectivity index (χ1v) is 12.0. The van der Waals surface area contributed by atoms with E-state index in [0.717, 1.165) is 27.0 Å². The van der Waals surface area contributed by atoms with E-state index in [4.69, 9.17) is 14.2 Å². The van der Waals surface area contributed by atoms with Gasteiger partial charge >= 0.3 is 0 Å². The third-order valence-electron chi connectivity index (χ3n) is 4.59. The highest BCUT2D eigenvalue weighted by molar-refractivity contribution is 9.10. The van der Waals surface area contributed by atoms with Crippen molar-refractivity contribution in [3.05, 3.63) is 59.1 Å². The van der Waals surface area contributed by atoms with Gasteiger partial charge in [0.15, 0.2) is 23.4 Å². The van der Waals surface area contributed by atoms with E-state index >= 15 is 0 Å². The van der Waals surface area contributed by atoms with E-state index in [9.17, 15) is 0 Å². The van der Waals surface area contributed by atoms with Gasteiger partial charge in [-0.3, -0.25) is 0 Å². The van der Waals surface area contributed by atoms with Gasteiger partial charge in [0, 0.05) is 16.8 Å². The van der Waals surface area contributed by atoms with E-state index in [-0.39, 0.29) is 0 Å². The second-order valence-electron chi connectivity index (χ2n) is 6.73. The van der Waals surface area contributed by atoms with Gasteiger partial charge in [0.2, 0.25) is 11.0 Å². The van der Waals surface area contributed by atoms with Crippen LogP contribution in [0.3, 0.4) is 0 Å². The highest BCUT2D eigenvalue weighted by atomic mass is 79.9. The maximum Gasteiger partial charge on any atom is 0.247 e. The molecule has 3 aromatic rings. The monoisotopic (exact) mass is 514 g/mol. The summed E-state index contributed by atoms with van der Waals surface area (Å²) in [4.78, 5) is 4.63. The molecule has 0 fully saturated rings. The number of para-hydroxylation sites is 1. The predicted octanol–water partition coefficient (Wildman–Crippen LogP) is 5.88. The first kappa shape index (κ1) is 22.4. The molecule has 1 aliphatic rings. The summed E-state index contributed by atoms with van der Waals surface area (Å²) in [6.07, 6.45) is 1.16. The molecule has 0 saturated heterocycles. The van der Waals surface area contributed by atoms with Gasteiger partial charge in [-0.2, -0.15) is 4.98 Å². The molecule has 2 heterocycles. The summed E-state index contributed by atoms with van der Waals surface area (Å²) in [6, 6.07) is 11.7. The van der Waals surface area contributed by atoms with Crippen LogP contribution in [0.5, 0.6) is 17.4 Å². The van der Waals surface area contributed by atoms with E-state index in [0.29, 0.717) is 41.4 Å². The fourth-order valence-electron chi connectivity index (χ4n) is 3.27. The molecule has 9 heteroatoms. The third kappa shape index (κ3) is 4.68. The second-order valence-corrected chi connectivity index (χ2v) is 8.82. The average molecular weight is 515 g/mol. The first-order chi connectivity index (χ1) is 15.6. The second kappa shape index (κ2) is 10.2. The summed E-state index contributed by atoms with van der Waals surface area (Å²) in [6.45, 7) is 8.56. The number of benzene rings is 2. The molecule has 166 valence electrons. The number of halogens is 1. The van der Waals surface area contributed by atoms with Crippen LogP contribution < -0.4 is 19.5 Å². The van der Waals surface area contributed by atoms with Crippen LogP contribution in [-0.2, 0) is 0 Å². The first-order valence-electron chi connectivity index (χ1n) is 10.2. The molecule has 1 atom stereocenters. The topological polar surface area (TPSA) is 78.4 Å². The molecule has 1 unspecified atom stereocenters. The number of aromatic nitrogens is 3. The summed E-state index contributed by atoms with van der Waals surface area (Å²) in [7, 11) is 0. The molecule has 1 N–H and O–H groups in total. The number of nitrogens with zero attached hydrogens (tertiary/aromatic N) is 3. The minimum absolute atomic E-state index is 0.372. The van der Waals surface area contributed by atoms with E-state index in [1.807, 2.05) is 50.2 Å². The van der Waals surface area contributed by atoms with Gasteiger partial charge in [0.1, 0.15) is 6.61 Å². The van der Waals surface area contributed by atoms with Crippen molar-refractivity contribution < 1.29 is 14.2 Å². The van der Waals surface area contributed by atoms with Crippen molar-refractivity contribution in [2.45, 2.75) is 25.2 Å². The van der Waals surface area contributed by atoms with Crippen LogP contribution in [0.4, 0.5) is 5.69 Å². The Balaban J connectivity index is 1.79. The highest BCUT2D eigenvalue weighted by Gasteiger charge is 2.27. The van der Waals surface area contributed by atoms with Crippen molar-refractivity contribution in [3.63, 3.8) is 0 Å². The lowest BCUT2D eigenvalue weighted by Gasteiger charge is -2.22. The van der Waals surface area contributed by atoms with Crippen molar-refractivity contribution in [2.24, 2.45) is 0 Å². The molecule has 1 aliphatic heterocycles. The smallest absolute Gasteiger partial charge is 0.247 e. The van der Waals surface area contributed by atoms with E-state index in [1.165, 1.54) is 11.8 Å². The molecule has 0 radical (unpaired) electrons. The number of nitrogens with one attached hydrogen (secondary N) is 1. The number of ether oxygens (including phenoxy) is 3. The Labute approximate surface area is 199 Å².